The van der Waals surface area contributed by atoms with E-state index in [4.69, 9.17) is 0 Å². The van der Waals surface area contributed by atoms with Crippen LogP contribution in [-0.4, -0.2) is 28.1 Å². The Morgan fingerprint density at radius 1 is 1.15 bits per heavy atom. The Labute approximate surface area is 117 Å². The zero-order valence-corrected chi connectivity index (χ0v) is 11.2. The summed E-state index contributed by atoms with van der Waals surface area (Å²) in [6.45, 7) is 0. The van der Waals surface area contributed by atoms with Crippen LogP contribution >= 0.6 is 0 Å². The fraction of sp³-hybridized carbons (Fsp3) is 0.467. The molecule has 2 atom stereocenters. The normalized spacial score (nSPS) is 22.8. The number of nitrogens with one attached hydrogen (secondary N) is 1. The summed E-state index contributed by atoms with van der Waals surface area (Å²) in [4.78, 5) is 23.4. The van der Waals surface area contributed by atoms with E-state index in [2.05, 4.69) is 5.32 Å². The minimum absolute atomic E-state index is 0.0216. The summed E-state index contributed by atoms with van der Waals surface area (Å²) in [5, 5.41) is 21.5. The molecule has 108 valence electrons. The van der Waals surface area contributed by atoms with Crippen molar-refractivity contribution in [1.82, 2.24) is 5.32 Å². The van der Waals surface area contributed by atoms with Crippen molar-refractivity contribution in [2.24, 2.45) is 5.92 Å². The van der Waals surface area contributed by atoms with Crippen LogP contribution in [0.5, 0.6) is 5.75 Å². The van der Waals surface area contributed by atoms with Crippen molar-refractivity contribution in [2.45, 2.75) is 38.1 Å². The van der Waals surface area contributed by atoms with Crippen molar-refractivity contribution in [3.8, 4) is 5.75 Å². The van der Waals surface area contributed by atoms with E-state index in [1.165, 1.54) is 12.1 Å². The van der Waals surface area contributed by atoms with E-state index >= 15 is 0 Å². The number of amides is 1. The summed E-state index contributed by atoms with van der Waals surface area (Å²) in [5.41, 5.74) is 0.346. The number of hydrogen-bond acceptors (Lipinski definition) is 3. The number of phenolic OH excluding ortho intramolecular Hbond substituents is 1. The molecule has 1 amide bonds. The average Bonchev–Trinajstić information content (AvgIpc) is 2.64. The molecule has 5 nitrogen and oxygen atoms in total. The van der Waals surface area contributed by atoms with Crippen molar-refractivity contribution in [3.05, 3.63) is 29.8 Å². The molecule has 20 heavy (non-hydrogen) atoms. The van der Waals surface area contributed by atoms with Crippen molar-refractivity contribution < 1.29 is 19.8 Å². The predicted molar refractivity (Wildman–Crippen MR) is 73.6 cm³/mol. The van der Waals surface area contributed by atoms with Gasteiger partial charge in [0.1, 0.15) is 5.75 Å². The fourth-order valence-electron chi connectivity index (χ4n) is 2.67. The molecule has 1 saturated carbocycles. The predicted octanol–water partition coefficient (Wildman–Crippen LogP) is 2.16. The molecular formula is C15H19NO4. The van der Waals surface area contributed by atoms with E-state index in [9.17, 15) is 19.8 Å². The second-order valence-corrected chi connectivity index (χ2v) is 5.21. The van der Waals surface area contributed by atoms with Crippen molar-refractivity contribution in [1.29, 1.82) is 0 Å². The third-order valence-corrected chi connectivity index (χ3v) is 3.76. The van der Waals surface area contributed by atoms with Gasteiger partial charge in [0.05, 0.1) is 5.92 Å². The standard InChI is InChI=1S/C15H19NO4/c17-11-6-4-5-10(9-11)14(18)16-13-8-3-1-2-7-12(13)15(19)20/h4-6,9,12-13,17H,1-3,7-8H2,(H,16,18)(H,19,20). The first-order valence-electron chi connectivity index (χ1n) is 6.90. The summed E-state index contributed by atoms with van der Waals surface area (Å²) in [6.07, 6.45) is 4.09. The van der Waals surface area contributed by atoms with Crippen molar-refractivity contribution in [3.63, 3.8) is 0 Å². The molecule has 1 aliphatic rings. The molecule has 1 fully saturated rings. The van der Waals surface area contributed by atoms with Crippen LogP contribution < -0.4 is 5.32 Å². The number of aromatic hydroxyl groups is 1. The first-order valence-corrected chi connectivity index (χ1v) is 6.90. The summed E-state index contributed by atoms with van der Waals surface area (Å²) in [6, 6.07) is 5.71. The number of phenols is 1. The highest BCUT2D eigenvalue weighted by atomic mass is 16.4. The molecule has 0 spiro atoms. The first-order chi connectivity index (χ1) is 9.58. The summed E-state index contributed by atoms with van der Waals surface area (Å²) < 4.78 is 0. The molecule has 3 N–H and O–H groups in total. The second kappa shape index (κ2) is 6.41. The van der Waals surface area contributed by atoms with Gasteiger partial charge >= 0.3 is 5.97 Å². The zero-order chi connectivity index (χ0) is 14.5. The van der Waals surface area contributed by atoms with Crippen LogP contribution in [0, 0.1) is 5.92 Å². The molecule has 2 unspecified atom stereocenters. The zero-order valence-electron chi connectivity index (χ0n) is 11.2. The Morgan fingerprint density at radius 3 is 2.60 bits per heavy atom. The van der Waals surface area contributed by atoms with E-state index in [1.54, 1.807) is 12.1 Å². The molecule has 2 rings (SSSR count). The van der Waals surface area contributed by atoms with Crippen LogP contribution in [0.25, 0.3) is 0 Å². The van der Waals surface area contributed by atoms with Crippen molar-refractivity contribution in [2.75, 3.05) is 0 Å². The van der Waals surface area contributed by atoms with Gasteiger partial charge in [0.2, 0.25) is 0 Å². The quantitative estimate of drug-likeness (QED) is 0.739. The highest BCUT2D eigenvalue weighted by Crippen LogP contribution is 2.24. The van der Waals surface area contributed by atoms with Gasteiger partial charge in [-0.3, -0.25) is 9.59 Å². The van der Waals surface area contributed by atoms with Gasteiger partial charge in [-0.15, -0.1) is 0 Å². The highest BCUT2D eigenvalue weighted by Gasteiger charge is 2.30. The summed E-state index contributed by atoms with van der Waals surface area (Å²) >= 11 is 0. The van der Waals surface area contributed by atoms with E-state index in [1.807, 2.05) is 0 Å². The fourth-order valence-corrected chi connectivity index (χ4v) is 2.67. The van der Waals surface area contributed by atoms with Crippen LogP contribution in [0.3, 0.4) is 0 Å². The Hall–Kier alpha value is -2.04. The van der Waals surface area contributed by atoms with E-state index in [0.717, 1.165) is 19.3 Å². The second-order valence-electron chi connectivity index (χ2n) is 5.21. The smallest absolute Gasteiger partial charge is 0.308 e. The first kappa shape index (κ1) is 14.4. The number of carboxylic acids is 1. The minimum atomic E-state index is -0.854. The van der Waals surface area contributed by atoms with Gasteiger partial charge in [-0.1, -0.05) is 25.3 Å². The van der Waals surface area contributed by atoms with Gasteiger partial charge in [-0.2, -0.15) is 0 Å². The maximum absolute atomic E-state index is 12.1. The molecule has 0 saturated heterocycles. The van der Waals surface area contributed by atoms with Crippen LogP contribution in [-0.2, 0) is 4.79 Å². The number of carbonyl (C=O) groups excluding carboxylic acids is 1. The lowest BCUT2D eigenvalue weighted by Gasteiger charge is -2.22. The lowest BCUT2D eigenvalue weighted by Crippen LogP contribution is -2.42. The van der Waals surface area contributed by atoms with Gasteiger partial charge < -0.3 is 15.5 Å². The molecule has 1 aromatic rings. The highest BCUT2D eigenvalue weighted by molar-refractivity contribution is 5.95. The molecule has 0 aliphatic heterocycles. The Kier molecular flexibility index (Phi) is 4.61. The lowest BCUT2D eigenvalue weighted by molar-refractivity contribution is -0.142. The van der Waals surface area contributed by atoms with Crippen molar-refractivity contribution >= 4 is 11.9 Å². The van der Waals surface area contributed by atoms with Gasteiger partial charge in [0.15, 0.2) is 0 Å². The number of aliphatic carboxylic acids is 1. The van der Waals surface area contributed by atoms with Crippen LogP contribution in [0.4, 0.5) is 0 Å². The topological polar surface area (TPSA) is 86.6 Å². The van der Waals surface area contributed by atoms with Gasteiger partial charge in [-0.05, 0) is 31.0 Å². The van der Waals surface area contributed by atoms with E-state index < -0.39 is 11.9 Å². The number of rotatable bonds is 3. The SMILES string of the molecule is O=C(NC1CCCCCC1C(=O)O)c1cccc(O)c1. The molecule has 0 bridgehead atoms. The largest absolute Gasteiger partial charge is 0.508 e. The molecule has 1 aliphatic carbocycles. The Morgan fingerprint density at radius 2 is 1.90 bits per heavy atom. The average molecular weight is 277 g/mol. The summed E-state index contributed by atoms with van der Waals surface area (Å²) in [7, 11) is 0. The monoisotopic (exact) mass is 277 g/mol. The lowest BCUT2D eigenvalue weighted by atomic mass is 9.94. The Bertz CT molecular complexity index is 500. The number of carbonyl (C=O) groups is 2. The van der Waals surface area contributed by atoms with E-state index in [0.29, 0.717) is 18.4 Å². The number of carboxylic acid groups (broad SMARTS) is 1. The molecule has 0 heterocycles. The maximum atomic E-state index is 12.1. The molecular weight excluding hydrogens is 258 g/mol. The molecule has 1 aromatic carbocycles. The molecule has 0 radical (unpaired) electrons. The summed E-state index contributed by atoms with van der Waals surface area (Å²) in [5.74, 6) is -1.70. The maximum Gasteiger partial charge on any atom is 0.308 e. The Balaban J connectivity index is 2.09. The van der Waals surface area contributed by atoms with Gasteiger partial charge in [0.25, 0.3) is 5.91 Å². The van der Waals surface area contributed by atoms with Crippen LogP contribution in [0.2, 0.25) is 0 Å². The van der Waals surface area contributed by atoms with E-state index in [-0.39, 0.29) is 17.7 Å². The third kappa shape index (κ3) is 3.50. The van der Waals surface area contributed by atoms with Crippen LogP contribution in [0.1, 0.15) is 42.5 Å². The third-order valence-electron chi connectivity index (χ3n) is 3.76. The minimum Gasteiger partial charge on any atom is -0.508 e. The van der Waals surface area contributed by atoms with Gasteiger partial charge in [-0.25, -0.2) is 0 Å². The van der Waals surface area contributed by atoms with Gasteiger partial charge in [0, 0.05) is 11.6 Å². The number of hydrogen-bond donors (Lipinski definition) is 3. The number of benzene rings is 1. The van der Waals surface area contributed by atoms with Crippen LogP contribution in [0.15, 0.2) is 24.3 Å². The molecule has 0 aromatic heterocycles. The molecule has 5 heteroatoms.